The molecule has 3 unspecified atom stereocenters. The molecule has 0 amide bonds. The molecule has 19 heavy (non-hydrogen) atoms. The van der Waals surface area contributed by atoms with Crippen molar-refractivity contribution in [3.8, 4) is 0 Å². The second-order valence-corrected chi connectivity index (χ2v) is 6.22. The minimum Gasteiger partial charge on any atom is -0.393 e. The van der Waals surface area contributed by atoms with E-state index in [1.54, 1.807) is 0 Å². The summed E-state index contributed by atoms with van der Waals surface area (Å²) in [6, 6.07) is 0.307. The summed E-state index contributed by atoms with van der Waals surface area (Å²) in [4.78, 5) is 1.57. The van der Waals surface area contributed by atoms with Gasteiger partial charge in [-0.05, 0) is 38.1 Å². The fourth-order valence-electron chi connectivity index (χ4n) is 3.54. The van der Waals surface area contributed by atoms with E-state index in [2.05, 4.69) is 12.2 Å². The van der Waals surface area contributed by atoms with Crippen LogP contribution in [0.15, 0.2) is 0 Å². The molecule has 6 heteroatoms. The summed E-state index contributed by atoms with van der Waals surface area (Å²) in [6.45, 7) is 0.691. The third-order valence-electron chi connectivity index (χ3n) is 4.51. The number of thiocarbonyl (C=S) groups is 1. The Labute approximate surface area is 117 Å². The zero-order valence-electron chi connectivity index (χ0n) is 11.0. The zero-order chi connectivity index (χ0) is 14.0. The smallest absolute Gasteiger partial charge is 0.393 e. The molecule has 0 aromatic rings. The number of hydrogen-bond donors (Lipinski definition) is 1. The average Bonchev–Trinajstić information content (AvgIpc) is 2.34. The van der Waals surface area contributed by atoms with Crippen LogP contribution >= 0.6 is 12.2 Å². The lowest BCUT2D eigenvalue weighted by atomic mass is 9.78. The number of hydrogen-bond acceptors (Lipinski definition) is 2. The fourth-order valence-corrected chi connectivity index (χ4v) is 3.75. The summed E-state index contributed by atoms with van der Waals surface area (Å²) in [5.74, 6) is -1.09. The number of nitrogens with two attached hydrogens (primary N) is 1. The van der Waals surface area contributed by atoms with Crippen LogP contribution in [-0.4, -0.2) is 35.2 Å². The normalized spacial score (nSPS) is 30.7. The van der Waals surface area contributed by atoms with Crippen molar-refractivity contribution in [2.45, 2.75) is 50.7 Å². The van der Waals surface area contributed by atoms with Crippen molar-refractivity contribution in [1.82, 2.24) is 4.90 Å². The second-order valence-electron chi connectivity index (χ2n) is 5.75. The van der Waals surface area contributed by atoms with Gasteiger partial charge in [-0.15, -0.1) is 0 Å². The van der Waals surface area contributed by atoms with Crippen LogP contribution in [0.5, 0.6) is 0 Å². The summed E-state index contributed by atoms with van der Waals surface area (Å²) in [5, 5.41) is 0. The Kier molecular flexibility index (Phi) is 4.71. The molecule has 3 atom stereocenters. The molecule has 0 bridgehead atoms. The standard InChI is InChI=1S/C13H21F3N2S/c14-13(15,16)10(12(17)19)8-18-7-3-5-9-4-1-2-6-11(9)18/h9-11H,1-8H2,(H2,17,19). The molecule has 110 valence electrons. The Hall–Kier alpha value is -0.360. The molecule has 2 N–H and O–H groups in total. The first-order chi connectivity index (χ1) is 8.89. The molecule has 2 nitrogen and oxygen atoms in total. The van der Waals surface area contributed by atoms with Crippen molar-refractivity contribution < 1.29 is 13.2 Å². The molecule has 1 aliphatic heterocycles. The SMILES string of the molecule is NC(=S)C(CN1CCCC2CCCCC21)C(F)(F)F. The number of fused-ring (bicyclic) bond motifs is 1. The molecule has 2 rings (SSSR count). The van der Waals surface area contributed by atoms with Gasteiger partial charge in [-0.3, -0.25) is 4.90 Å². The maximum Gasteiger partial charge on any atom is 0.399 e. The van der Waals surface area contributed by atoms with Gasteiger partial charge in [0.25, 0.3) is 0 Å². The molecule has 2 fully saturated rings. The first kappa shape index (κ1) is 15.0. The van der Waals surface area contributed by atoms with Crippen molar-refractivity contribution in [2.75, 3.05) is 13.1 Å². The van der Waals surface area contributed by atoms with E-state index in [1.807, 2.05) is 4.90 Å². The first-order valence-electron chi connectivity index (χ1n) is 6.99. The van der Waals surface area contributed by atoms with E-state index < -0.39 is 17.1 Å². The van der Waals surface area contributed by atoms with Crippen LogP contribution in [0.25, 0.3) is 0 Å². The van der Waals surface area contributed by atoms with Gasteiger partial charge in [0, 0.05) is 12.6 Å². The second kappa shape index (κ2) is 5.95. The number of rotatable bonds is 3. The third-order valence-corrected chi connectivity index (χ3v) is 4.80. The quantitative estimate of drug-likeness (QED) is 0.811. The Balaban J connectivity index is 2.05. The maximum atomic E-state index is 13.0. The number of nitrogens with zero attached hydrogens (tertiary/aromatic N) is 1. The highest BCUT2D eigenvalue weighted by atomic mass is 32.1. The minimum absolute atomic E-state index is 0.0556. The Morgan fingerprint density at radius 2 is 1.84 bits per heavy atom. The fraction of sp³-hybridized carbons (Fsp3) is 0.923. The molecular formula is C13H21F3N2S. The van der Waals surface area contributed by atoms with Crippen LogP contribution in [0.1, 0.15) is 38.5 Å². The Bertz CT molecular complexity index is 330. The van der Waals surface area contributed by atoms with Crippen LogP contribution < -0.4 is 5.73 Å². The summed E-state index contributed by atoms with van der Waals surface area (Å²) < 4.78 is 38.9. The predicted molar refractivity (Wildman–Crippen MR) is 72.9 cm³/mol. The van der Waals surface area contributed by atoms with Crippen LogP contribution in [0.4, 0.5) is 13.2 Å². The van der Waals surface area contributed by atoms with Crippen molar-refractivity contribution in [3.63, 3.8) is 0 Å². The zero-order valence-corrected chi connectivity index (χ0v) is 11.8. The Morgan fingerprint density at radius 1 is 1.21 bits per heavy atom. The van der Waals surface area contributed by atoms with Gasteiger partial charge in [0.15, 0.2) is 0 Å². The van der Waals surface area contributed by atoms with E-state index in [0.717, 1.165) is 38.6 Å². The van der Waals surface area contributed by atoms with Crippen LogP contribution in [0.2, 0.25) is 0 Å². The Morgan fingerprint density at radius 3 is 2.47 bits per heavy atom. The summed E-state index contributed by atoms with van der Waals surface area (Å²) in [6.07, 6.45) is 2.34. The van der Waals surface area contributed by atoms with Crippen molar-refractivity contribution in [3.05, 3.63) is 0 Å². The van der Waals surface area contributed by atoms with E-state index in [0.29, 0.717) is 12.0 Å². The lowest BCUT2D eigenvalue weighted by Crippen LogP contribution is -2.52. The minimum atomic E-state index is -4.33. The lowest BCUT2D eigenvalue weighted by molar-refractivity contribution is -0.162. The van der Waals surface area contributed by atoms with Gasteiger partial charge in [0.05, 0.1) is 4.99 Å². The van der Waals surface area contributed by atoms with E-state index in [4.69, 9.17) is 5.73 Å². The number of likely N-dealkylation sites (tertiary alicyclic amines) is 1. The van der Waals surface area contributed by atoms with Gasteiger partial charge in [0.2, 0.25) is 0 Å². The highest BCUT2D eigenvalue weighted by molar-refractivity contribution is 7.80. The first-order valence-corrected chi connectivity index (χ1v) is 7.40. The lowest BCUT2D eigenvalue weighted by Gasteiger charge is -2.45. The summed E-state index contributed by atoms with van der Waals surface area (Å²) in [7, 11) is 0. The summed E-state index contributed by atoms with van der Waals surface area (Å²) in [5.41, 5.74) is 5.29. The van der Waals surface area contributed by atoms with Crippen LogP contribution in [0.3, 0.4) is 0 Å². The highest BCUT2D eigenvalue weighted by Gasteiger charge is 2.44. The molecule has 2 aliphatic rings. The molecule has 1 saturated carbocycles. The molecule has 0 aromatic heterocycles. The van der Waals surface area contributed by atoms with E-state index in [1.165, 1.54) is 6.42 Å². The predicted octanol–water partition coefficient (Wildman–Crippen LogP) is 3.11. The van der Waals surface area contributed by atoms with Gasteiger partial charge in [-0.2, -0.15) is 13.2 Å². The average molecular weight is 294 g/mol. The highest BCUT2D eigenvalue weighted by Crippen LogP contribution is 2.37. The van der Waals surface area contributed by atoms with Gasteiger partial charge in [-0.1, -0.05) is 25.1 Å². The van der Waals surface area contributed by atoms with Gasteiger partial charge in [0.1, 0.15) is 5.92 Å². The van der Waals surface area contributed by atoms with E-state index in [9.17, 15) is 13.2 Å². The summed E-state index contributed by atoms with van der Waals surface area (Å²) >= 11 is 4.61. The maximum absolute atomic E-state index is 13.0. The molecule has 0 aromatic carbocycles. The van der Waals surface area contributed by atoms with E-state index >= 15 is 0 Å². The molecular weight excluding hydrogens is 273 g/mol. The van der Waals surface area contributed by atoms with Crippen LogP contribution in [0, 0.1) is 11.8 Å². The number of halogens is 3. The molecule has 0 spiro atoms. The molecule has 1 aliphatic carbocycles. The largest absolute Gasteiger partial charge is 0.399 e. The number of alkyl halides is 3. The van der Waals surface area contributed by atoms with Gasteiger partial charge >= 0.3 is 6.18 Å². The third kappa shape index (κ3) is 3.60. The molecule has 0 radical (unpaired) electrons. The molecule has 1 saturated heterocycles. The van der Waals surface area contributed by atoms with Gasteiger partial charge < -0.3 is 5.73 Å². The van der Waals surface area contributed by atoms with Crippen molar-refractivity contribution in [2.24, 2.45) is 17.6 Å². The van der Waals surface area contributed by atoms with E-state index in [-0.39, 0.29) is 6.54 Å². The molecule has 1 heterocycles. The van der Waals surface area contributed by atoms with Crippen LogP contribution in [-0.2, 0) is 0 Å². The van der Waals surface area contributed by atoms with Crippen molar-refractivity contribution in [1.29, 1.82) is 0 Å². The monoisotopic (exact) mass is 294 g/mol. The topological polar surface area (TPSA) is 29.3 Å². The van der Waals surface area contributed by atoms with Gasteiger partial charge in [-0.25, -0.2) is 0 Å². The van der Waals surface area contributed by atoms with Crippen molar-refractivity contribution >= 4 is 17.2 Å². The number of piperidine rings is 1.